The summed E-state index contributed by atoms with van der Waals surface area (Å²) in [6.07, 6.45) is 1.50. The number of hydrogen-bond donors (Lipinski definition) is 2. The Hall–Kier alpha value is -3.19. The topological polar surface area (TPSA) is 74.3 Å². The molecule has 0 bridgehead atoms. The Bertz CT molecular complexity index is 991. The van der Waals surface area contributed by atoms with E-state index in [0.29, 0.717) is 26.1 Å². The van der Waals surface area contributed by atoms with Crippen LogP contribution in [0.2, 0.25) is 0 Å². The monoisotopic (exact) mass is 420 g/mol. The van der Waals surface area contributed by atoms with Crippen LogP contribution in [-0.2, 0) is 17.9 Å². The van der Waals surface area contributed by atoms with Gasteiger partial charge in [-0.3, -0.25) is 4.79 Å². The maximum atomic E-state index is 12.7. The highest BCUT2D eigenvalue weighted by atomic mass is 32.1. The van der Waals surface area contributed by atoms with Gasteiger partial charge in [0.1, 0.15) is 11.0 Å². The first kappa shape index (κ1) is 20.1. The minimum Gasteiger partial charge on any atom is -0.349 e. The van der Waals surface area contributed by atoms with Gasteiger partial charge in [-0.05, 0) is 18.4 Å². The second-order valence-electron chi connectivity index (χ2n) is 7.22. The zero-order valence-electron chi connectivity index (χ0n) is 16.6. The van der Waals surface area contributed by atoms with Gasteiger partial charge in [-0.2, -0.15) is 0 Å². The van der Waals surface area contributed by atoms with Crippen molar-refractivity contribution in [2.75, 3.05) is 6.54 Å². The molecule has 2 heterocycles. The molecule has 0 radical (unpaired) electrons. The predicted octanol–water partition coefficient (Wildman–Crippen LogP) is 3.80. The maximum absolute atomic E-state index is 12.7. The summed E-state index contributed by atoms with van der Waals surface area (Å²) in [5.41, 5.74) is 2.92. The molecule has 1 aliphatic rings. The van der Waals surface area contributed by atoms with Gasteiger partial charge in [0.2, 0.25) is 5.91 Å². The zero-order valence-corrected chi connectivity index (χ0v) is 17.4. The summed E-state index contributed by atoms with van der Waals surface area (Å²) in [4.78, 5) is 31.6. The molecule has 1 fully saturated rings. The lowest BCUT2D eigenvalue weighted by atomic mass is 10.2. The second-order valence-corrected chi connectivity index (χ2v) is 8.08. The molecule has 154 valence electrons. The summed E-state index contributed by atoms with van der Waals surface area (Å²) in [7, 11) is 0. The lowest BCUT2D eigenvalue weighted by molar-refractivity contribution is -0.124. The highest BCUT2D eigenvalue weighted by Crippen LogP contribution is 2.23. The van der Waals surface area contributed by atoms with Crippen molar-refractivity contribution in [1.29, 1.82) is 0 Å². The van der Waals surface area contributed by atoms with Crippen LogP contribution in [0.3, 0.4) is 0 Å². The normalized spacial score (nSPS) is 15.7. The summed E-state index contributed by atoms with van der Waals surface area (Å²) in [5, 5.41) is 8.76. The maximum Gasteiger partial charge on any atom is 0.318 e. The molecule has 1 atom stereocenters. The largest absolute Gasteiger partial charge is 0.349 e. The van der Waals surface area contributed by atoms with Gasteiger partial charge in [0, 0.05) is 24.0 Å². The van der Waals surface area contributed by atoms with Gasteiger partial charge >= 0.3 is 6.03 Å². The molecule has 2 aromatic carbocycles. The van der Waals surface area contributed by atoms with Crippen molar-refractivity contribution in [2.24, 2.45) is 0 Å². The van der Waals surface area contributed by atoms with Crippen LogP contribution >= 0.6 is 11.3 Å². The standard InChI is InChI=1S/C23H24N4O2S/c28-21(24-15-19-16-30-22(26-19)18-10-5-2-6-11-18)20-12-7-13-27(20)23(29)25-14-17-8-3-1-4-9-17/h1-6,8-11,16,20H,7,12-15H2,(H,24,28)(H,25,29)/t20-/m1/s1. The Balaban J connectivity index is 1.30. The number of hydrogen-bond acceptors (Lipinski definition) is 4. The SMILES string of the molecule is O=C(NCc1csc(-c2ccccc2)n1)[C@H]1CCCN1C(=O)NCc1ccccc1. The average Bonchev–Trinajstić information content (AvgIpc) is 3.47. The lowest BCUT2D eigenvalue weighted by Crippen LogP contribution is -2.49. The van der Waals surface area contributed by atoms with Crippen LogP contribution in [-0.4, -0.2) is 34.4 Å². The van der Waals surface area contributed by atoms with Gasteiger partial charge in [0.15, 0.2) is 0 Å². The summed E-state index contributed by atoms with van der Waals surface area (Å²) in [6, 6.07) is 19.1. The molecule has 6 nitrogen and oxygen atoms in total. The second kappa shape index (κ2) is 9.54. The number of thiazole rings is 1. The van der Waals surface area contributed by atoms with Crippen LogP contribution in [0.1, 0.15) is 24.1 Å². The van der Waals surface area contributed by atoms with Crippen molar-refractivity contribution in [3.8, 4) is 10.6 Å². The molecule has 0 spiro atoms. The number of carbonyl (C=O) groups is 2. The van der Waals surface area contributed by atoms with Crippen molar-refractivity contribution in [3.63, 3.8) is 0 Å². The molecule has 7 heteroatoms. The highest BCUT2D eigenvalue weighted by molar-refractivity contribution is 7.13. The molecular formula is C23H24N4O2S. The summed E-state index contributed by atoms with van der Waals surface area (Å²) in [5.74, 6) is -0.128. The Morgan fingerprint density at radius 2 is 1.73 bits per heavy atom. The van der Waals surface area contributed by atoms with Gasteiger partial charge in [0.25, 0.3) is 0 Å². The zero-order chi connectivity index (χ0) is 20.8. The van der Waals surface area contributed by atoms with E-state index in [-0.39, 0.29) is 11.9 Å². The third-order valence-electron chi connectivity index (χ3n) is 5.12. The molecular weight excluding hydrogens is 396 g/mol. The van der Waals surface area contributed by atoms with Crippen molar-refractivity contribution < 1.29 is 9.59 Å². The minimum absolute atomic E-state index is 0.128. The number of likely N-dealkylation sites (tertiary alicyclic amines) is 1. The number of aromatic nitrogens is 1. The Labute approximate surface area is 180 Å². The average molecular weight is 421 g/mol. The van der Waals surface area contributed by atoms with E-state index in [4.69, 9.17) is 0 Å². The Morgan fingerprint density at radius 3 is 2.50 bits per heavy atom. The fourth-order valence-corrected chi connectivity index (χ4v) is 4.38. The van der Waals surface area contributed by atoms with Crippen molar-refractivity contribution >= 4 is 23.3 Å². The molecule has 1 aromatic heterocycles. The molecule has 30 heavy (non-hydrogen) atoms. The van der Waals surface area contributed by atoms with Gasteiger partial charge in [-0.15, -0.1) is 11.3 Å². The molecule has 0 saturated carbocycles. The van der Waals surface area contributed by atoms with E-state index in [9.17, 15) is 9.59 Å². The molecule has 3 amide bonds. The smallest absolute Gasteiger partial charge is 0.318 e. The number of rotatable bonds is 6. The van der Waals surface area contributed by atoms with Gasteiger partial charge in [-0.25, -0.2) is 9.78 Å². The van der Waals surface area contributed by atoms with E-state index in [1.165, 1.54) is 0 Å². The van der Waals surface area contributed by atoms with E-state index in [1.54, 1.807) is 16.2 Å². The van der Waals surface area contributed by atoms with Crippen LogP contribution in [0.4, 0.5) is 4.79 Å². The van der Waals surface area contributed by atoms with Crippen LogP contribution in [0.5, 0.6) is 0 Å². The highest BCUT2D eigenvalue weighted by Gasteiger charge is 2.33. The molecule has 0 unspecified atom stereocenters. The van der Waals surface area contributed by atoms with E-state index < -0.39 is 6.04 Å². The fraction of sp³-hybridized carbons (Fsp3) is 0.261. The van der Waals surface area contributed by atoms with E-state index >= 15 is 0 Å². The predicted molar refractivity (Wildman–Crippen MR) is 118 cm³/mol. The first-order chi connectivity index (χ1) is 14.7. The first-order valence-corrected chi connectivity index (χ1v) is 10.9. The minimum atomic E-state index is -0.437. The van der Waals surface area contributed by atoms with Crippen LogP contribution < -0.4 is 10.6 Å². The van der Waals surface area contributed by atoms with E-state index in [1.807, 2.05) is 66.0 Å². The Kier molecular flexibility index (Phi) is 6.39. The molecule has 0 aliphatic carbocycles. The third kappa shape index (κ3) is 4.86. The van der Waals surface area contributed by atoms with Crippen LogP contribution in [0.25, 0.3) is 10.6 Å². The van der Waals surface area contributed by atoms with Crippen LogP contribution in [0.15, 0.2) is 66.0 Å². The Morgan fingerprint density at radius 1 is 1.00 bits per heavy atom. The van der Waals surface area contributed by atoms with Gasteiger partial charge in [-0.1, -0.05) is 60.7 Å². The number of amides is 3. The van der Waals surface area contributed by atoms with Crippen molar-refractivity contribution in [3.05, 3.63) is 77.3 Å². The van der Waals surface area contributed by atoms with Gasteiger partial charge < -0.3 is 15.5 Å². The molecule has 4 rings (SSSR count). The number of carbonyl (C=O) groups excluding carboxylic acids is 2. The van der Waals surface area contributed by atoms with Gasteiger partial charge in [0.05, 0.1) is 12.2 Å². The number of nitrogens with one attached hydrogen (secondary N) is 2. The molecule has 1 aliphatic heterocycles. The van der Waals surface area contributed by atoms with Crippen molar-refractivity contribution in [2.45, 2.75) is 32.0 Å². The summed E-state index contributed by atoms with van der Waals surface area (Å²) >= 11 is 1.56. The number of urea groups is 1. The molecule has 1 saturated heterocycles. The summed E-state index contributed by atoms with van der Waals surface area (Å²) in [6.45, 7) is 1.40. The first-order valence-electron chi connectivity index (χ1n) is 10.1. The van der Waals surface area contributed by atoms with Crippen molar-refractivity contribution in [1.82, 2.24) is 20.5 Å². The number of nitrogens with zero attached hydrogens (tertiary/aromatic N) is 2. The molecule has 2 N–H and O–H groups in total. The number of benzene rings is 2. The third-order valence-corrected chi connectivity index (χ3v) is 6.06. The molecule has 3 aromatic rings. The quantitative estimate of drug-likeness (QED) is 0.637. The summed E-state index contributed by atoms with van der Waals surface area (Å²) < 4.78 is 0. The van der Waals surface area contributed by atoms with E-state index in [0.717, 1.165) is 28.2 Å². The van der Waals surface area contributed by atoms with Crippen LogP contribution in [0, 0.1) is 0 Å². The fourth-order valence-electron chi connectivity index (χ4n) is 3.55. The van der Waals surface area contributed by atoms with E-state index in [2.05, 4.69) is 15.6 Å². The lowest BCUT2D eigenvalue weighted by Gasteiger charge is -2.24.